The highest BCUT2D eigenvalue weighted by molar-refractivity contribution is 5.74. The quantitative estimate of drug-likeness (QED) is 0.768. The lowest BCUT2D eigenvalue weighted by Crippen LogP contribution is -2.46. The van der Waals surface area contributed by atoms with Gasteiger partial charge in [0.15, 0.2) is 0 Å². The fraction of sp³-hybridized carbons (Fsp3) is 0.682. The van der Waals surface area contributed by atoms with Crippen LogP contribution < -0.4 is 0 Å². The van der Waals surface area contributed by atoms with Crippen molar-refractivity contribution in [1.29, 1.82) is 0 Å². The Kier molecular flexibility index (Phi) is 7.53. The molecule has 0 saturated carbocycles. The summed E-state index contributed by atoms with van der Waals surface area (Å²) in [5, 5.41) is 0. The monoisotopic (exact) mass is 373 g/mol. The lowest BCUT2D eigenvalue weighted by atomic mass is 9.90. The summed E-state index contributed by atoms with van der Waals surface area (Å²) in [6, 6.07) is 9.37. The van der Waals surface area contributed by atoms with Crippen LogP contribution in [-0.2, 0) is 17.7 Å². The first-order chi connectivity index (χ1) is 13.2. The molecule has 1 aromatic carbocycles. The fourth-order valence-electron chi connectivity index (χ4n) is 4.15. The molecular formula is C22H35N3O2. The van der Waals surface area contributed by atoms with E-state index in [9.17, 15) is 4.79 Å². The zero-order valence-corrected chi connectivity index (χ0v) is 17.0. The van der Waals surface area contributed by atoms with Crippen LogP contribution in [-0.4, -0.2) is 73.2 Å². The van der Waals surface area contributed by atoms with E-state index in [4.69, 9.17) is 4.74 Å². The normalized spacial score (nSPS) is 19.3. The average Bonchev–Trinajstić information content (AvgIpc) is 2.72. The van der Waals surface area contributed by atoms with Gasteiger partial charge in [-0.15, -0.1) is 0 Å². The van der Waals surface area contributed by atoms with Gasteiger partial charge in [-0.3, -0.25) is 4.90 Å². The molecule has 1 aromatic rings. The third kappa shape index (κ3) is 5.69. The highest BCUT2D eigenvalue weighted by Gasteiger charge is 2.25. The summed E-state index contributed by atoms with van der Waals surface area (Å²) in [5.41, 5.74) is 2.81. The Balaban J connectivity index is 1.44. The number of amides is 2. The van der Waals surface area contributed by atoms with Gasteiger partial charge in [0.05, 0.1) is 13.2 Å². The maximum Gasteiger partial charge on any atom is 0.319 e. The van der Waals surface area contributed by atoms with Crippen molar-refractivity contribution in [2.75, 3.05) is 52.5 Å². The van der Waals surface area contributed by atoms with E-state index in [1.807, 2.05) is 9.80 Å². The van der Waals surface area contributed by atoms with Crippen molar-refractivity contribution in [2.45, 2.75) is 39.7 Å². The fourth-order valence-corrected chi connectivity index (χ4v) is 4.15. The van der Waals surface area contributed by atoms with E-state index >= 15 is 0 Å². The second-order valence-electron chi connectivity index (χ2n) is 7.79. The lowest BCUT2D eigenvalue weighted by molar-refractivity contribution is 0.0342. The third-order valence-corrected chi connectivity index (χ3v) is 5.98. The average molecular weight is 374 g/mol. The van der Waals surface area contributed by atoms with Gasteiger partial charge in [-0.25, -0.2) is 4.79 Å². The van der Waals surface area contributed by atoms with Gasteiger partial charge in [0.2, 0.25) is 0 Å². The molecule has 2 aliphatic heterocycles. The smallest absolute Gasteiger partial charge is 0.319 e. The summed E-state index contributed by atoms with van der Waals surface area (Å²) in [7, 11) is 0. The van der Waals surface area contributed by atoms with Gasteiger partial charge in [0.25, 0.3) is 0 Å². The van der Waals surface area contributed by atoms with Crippen LogP contribution in [0, 0.1) is 5.92 Å². The number of carbonyl (C=O) groups excluding carboxylic acids is 1. The van der Waals surface area contributed by atoms with E-state index in [1.165, 1.54) is 11.1 Å². The summed E-state index contributed by atoms with van der Waals surface area (Å²) < 4.78 is 5.42. The molecule has 0 aliphatic carbocycles. The summed E-state index contributed by atoms with van der Waals surface area (Å²) >= 11 is 0. The van der Waals surface area contributed by atoms with E-state index in [0.717, 1.165) is 78.3 Å². The van der Waals surface area contributed by atoms with E-state index in [-0.39, 0.29) is 6.03 Å². The van der Waals surface area contributed by atoms with E-state index in [2.05, 4.69) is 43.0 Å². The second-order valence-corrected chi connectivity index (χ2v) is 7.79. The number of rotatable bonds is 6. The molecule has 0 aromatic heterocycles. The minimum Gasteiger partial charge on any atom is -0.379 e. The standard InChI is InChI=1S/C22H35N3O2/c1-3-24(4-2)22(26)25-11-9-20(10-12-25)17-19-5-7-21(8-6-19)18-23-13-15-27-16-14-23/h5-8,20H,3-4,9-18H2,1-2H3. The highest BCUT2D eigenvalue weighted by Crippen LogP contribution is 2.23. The Labute approximate surface area is 164 Å². The zero-order chi connectivity index (χ0) is 19.1. The number of hydrogen-bond acceptors (Lipinski definition) is 3. The molecule has 27 heavy (non-hydrogen) atoms. The van der Waals surface area contributed by atoms with Crippen molar-refractivity contribution in [3.63, 3.8) is 0 Å². The number of benzene rings is 1. The number of likely N-dealkylation sites (tertiary alicyclic amines) is 1. The van der Waals surface area contributed by atoms with Crippen LogP contribution in [0.25, 0.3) is 0 Å². The van der Waals surface area contributed by atoms with Gasteiger partial charge in [0.1, 0.15) is 0 Å². The van der Waals surface area contributed by atoms with E-state index < -0.39 is 0 Å². The number of hydrogen-bond donors (Lipinski definition) is 0. The Bertz CT molecular complexity index is 572. The van der Waals surface area contributed by atoms with Crippen molar-refractivity contribution in [3.8, 4) is 0 Å². The molecular weight excluding hydrogens is 338 g/mol. The van der Waals surface area contributed by atoms with Crippen LogP contribution in [0.1, 0.15) is 37.8 Å². The SMILES string of the molecule is CCN(CC)C(=O)N1CCC(Cc2ccc(CN3CCOCC3)cc2)CC1. The minimum atomic E-state index is 0.214. The highest BCUT2D eigenvalue weighted by atomic mass is 16.5. The minimum absolute atomic E-state index is 0.214. The molecule has 2 saturated heterocycles. The first kappa shape index (κ1) is 20.2. The van der Waals surface area contributed by atoms with Crippen LogP contribution in [0.15, 0.2) is 24.3 Å². The number of morpholine rings is 1. The number of carbonyl (C=O) groups is 1. The van der Waals surface area contributed by atoms with Crippen LogP contribution in [0.3, 0.4) is 0 Å². The third-order valence-electron chi connectivity index (χ3n) is 5.98. The predicted molar refractivity (Wildman–Crippen MR) is 109 cm³/mol. The van der Waals surface area contributed by atoms with Gasteiger partial charge >= 0.3 is 6.03 Å². The Hall–Kier alpha value is -1.59. The van der Waals surface area contributed by atoms with E-state index in [1.54, 1.807) is 0 Å². The molecule has 2 amide bonds. The van der Waals surface area contributed by atoms with E-state index in [0.29, 0.717) is 5.92 Å². The maximum absolute atomic E-state index is 12.5. The molecule has 3 rings (SSSR count). The number of urea groups is 1. The summed E-state index contributed by atoms with van der Waals surface area (Å²) in [4.78, 5) is 18.9. The molecule has 0 radical (unpaired) electrons. The topological polar surface area (TPSA) is 36.0 Å². The van der Waals surface area contributed by atoms with Gasteiger partial charge in [0, 0.05) is 45.8 Å². The van der Waals surface area contributed by atoms with Crippen LogP contribution in [0.4, 0.5) is 4.79 Å². The van der Waals surface area contributed by atoms with Gasteiger partial charge in [-0.1, -0.05) is 24.3 Å². The molecule has 0 unspecified atom stereocenters. The molecule has 0 bridgehead atoms. The summed E-state index contributed by atoms with van der Waals surface area (Å²) in [5.74, 6) is 0.691. The second kappa shape index (κ2) is 10.1. The van der Waals surface area contributed by atoms with Crippen LogP contribution >= 0.6 is 0 Å². The molecule has 2 fully saturated rings. The summed E-state index contributed by atoms with van der Waals surface area (Å²) in [6.07, 6.45) is 3.36. The summed E-state index contributed by atoms with van der Waals surface area (Å²) in [6.45, 7) is 12.3. The van der Waals surface area contributed by atoms with Gasteiger partial charge in [-0.2, -0.15) is 0 Å². The van der Waals surface area contributed by atoms with Gasteiger partial charge in [-0.05, 0) is 50.2 Å². The maximum atomic E-state index is 12.5. The number of ether oxygens (including phenoxy) is 1. The molecule has 0 N–H and O–H groups in total. The lowest BCUT2D eigenvalue weighted by Gasteiger charge is -2.35. The molecule has 0 spiro atoms. The van der Waals surface area contributed by atoms with Gasteiger partial charge < -0.3 is 14.5 Å². The molecule has 0 atom stereocenters. The van der Waals surface area contributed by atoms with Crippen molar-refractivity contribution in [1.82, 2.24) is 14.7 Å². The molecule has 2 heterocycles. The van der Waals surface area contributed by atoms with Crippen LogP contribution in [0.5, 0.6) is 0 Å². The Morgan fingerprint density at radius 2 is 1.59 bits per heavy atom. The molecule has 5 nitrogen and oxygen atoms in total. The van der Waals surface area contributed by atoms with Crippen molar-refractivity contribution < 1.29 is 9.53 Å². The largest absolute Gasteiger partial charge is 0.379 e. The Morgan fingerprint density at radius 3 is 2.19 bits per heavy atom. The van der Waals surface area contributed by atoms with Crippen molar-refractivity contribution in [3.05, 3.63) is 35.4 Å². The molecule has 2 aliphatic rings. The first-order valence-electron chi connectivity index (χ1n) is 10.6. The molecule has 5 heteroatoms. The van der Waals surface area contributed by atoms with Crippen LogP contribution in [0.2, 0.25) is 0 Å². The van der Waals surface area contributed by atoms with Crippen molar-refractivity contribution in [2.24, 2.45) is 5.92 Å². The van der Waals surface area contributed by atoms with Crippen molar-refractivity contribution >= 4 is 6.03 Å². The zero-order valence-electron chi connectivity index (χ0n) is 17.0. The molecule has 150 valence electrons. The number of piperidine rings is 1. The Morgan fingerprint density at radius 1 is 1.00 bits per heavy atom. The number of nitrogens with zero attached hydrogens (tertiary/aromatic N) is 3. The predicted octanol–water partition coefficient (Wildman–Crippen LogP) is 3.24. The first-order valence-corrected chi connectivity index (χ1v) is 10.6.